The van der Waals surface area contributed by atoms with E-state index in [-0.39, 0.29) is 0 Å². The van der Waals surface area contributed by atoms with Crippen molar-refractivity contribution < 1.29 is 0 Å². The third kappa shape index (κ3) is 2.88. The molecule has 0 aliphatic rings. The van der Waals surface area contributed by atoms with E-state index in [1.54, 1.807) is 6.07 Å². The molecule has 0 atom stereocenters. The van der Waals surface area contributed by atoms with Crippen LogP contribution >= 0.6 is 35.0 Å². The van der Waals surface area contributed by atoms with Crippen LogP contribution in [0.4, 0.5) is 0 Å². The SMILES string of the molecule is Clc1cccc(Sc2ccccc2Cl)n1. The number of nitrogens with zero attached hydrogens (tertiary/aromatic N) is 1. The maximum atomic E-state index is 6.03. The molecule has 0 aliphatic heterocycles. The maximum Gasteiger partial charge on any atom is 0.130 e. The molecule has 1 aromatic carbocycles. The smallest absolute Gasteiger partial charge is 0.130 e. The minimum absolute atomic E-state index is 0.493. The Bertz CT molecular complexity index is 474. The number of hydrogen-bond acceptors (Lipinski definition) is 2. The molecule has 0 bridgehead atoms. The Labute approximate surface area is 102 Å². The molecular formula is C11H7Cl2NS. The van der Waals surface area contributed by atoms with Gasteiger partial charge < -0.3 is 0 Å². The zero-order valence-electron chi connectivity index (χ0n) is 7.65. The van der Waals surface area contributed by atoms with Crippen molar-refractivity contribution in [2.24, 2.45) is 0 Å². The van der Waals surface area contributed by atoms with Crippen LogP contribution in [0.3, 0.4) is 0 Å². The Morgan fingerprint density at radius 3 is 2.47 bits per heavy atom. The highest BCUT2D eigenvalue weighted by Crippen LogP contribution is 2.32. The van der Waals surface area contributed by atoms with Gasteiger partial charge in [0.2, 0.25) is 0 Å². The highest BCUT2D eigenvalue weighted by atomic mass is 35.5. The van der Waals surface area contributed by atoms with Crippen LogP contribution in [0.15, 0.2) is 52.4 Å². The average Bonchev–Trinajstić information content (AvgIpc) is 2.22. The van der Waals surface area contributed by atoms with E-state index in [0.29, 0.717) is 5.15 Å². The molecule has 1 nitrogen and oxygen atoms in total. The van der Waals surface area contributed by atoms with Crippen molar-refractivity contribution in [2.45, 2.75) is 9.92 Å². The topological polar surface area (TPSA) is 12.9 Å². The first-order valence-electron chi connectivity index (χ1n) is 4.30. The van der Waals surface area contributed by atoms with Gasteiger partial charge in [-0.15, -0.1) is 0 Å². The number of rotatable bonds is 2. The third-order valence-corrected chi connectivity index (χ3v) is 3.41. The van der Waals surface area contributed by atoms with Crippen molar-refractivity contribution in [3.05, 3.63) is 52.6 Å². The Kier molecular flexibility index (Phi) is 3.52. The van der Waals surface area contributed by atoms with Crippen LogP contribution in [-0.4, -0.2) is 4.98 Å². The Morgan fingerprint density at radius 2 is 1.73 bits per heavy atom. The van der Waals surface area contributed by atoms with Gasteiger partial charge in [-0.05, 0) is 24.3 Å². The molecule has 76 valence electrons. The van der Waals surface area contributed by atoms with Crippen LogP contribution < -0.4 is 0 Å². The first kappa shape index (κ1) is 10.8. The summed E-state index contributed by atoms with van der Waals surface area (Å²) in [6, 6.07) is 13.2. The van der Waals surface area contributed by atoms with Gasteiger partial charge in [-0.2, -0.15) is 0 Å². The minimum Gasteiger partial charge on any atom is -0.229 e. The van der Waals surface area contributed by atoms with Crippen molar-refractivity contribution in [3.63, 3.8) is 0 Å². The minimum atomic E-state index is 0.493. The summed E-state index contributed by atoms with van der Waals surface area (Å²) in [6.45, 7) is 0. The van der Waals surface area contributed by atoms with Crippen LogP contribution in [0.1, 0.15) is 0 Å². The van der Waals surface area contributed by atoms with Gasteiger partial charge in [0.05, 0.1) is 5.02 Å². The lowest BCUT2D eigenvalue weighted by Crippen LogP contribution is -1.80. The zero-order valence-corrected chi connectivity index (χ0v) is 9.98. The highest BCUT2D eigenvalue weighted by Gasteiger charge is 2.02. The predicted molar refractivity (Wildman–Crippen MR) is 64.8 cm³/mol. The zero-order chi connectivity index (χ0) is 10.7. The molecule has 0 saturated carbocycles. The quantitative estimate of drug-likeness (QED) is 0.731. The van der Waals surface area contributed by atoms with E-state index in [1.807, 2.05) is 36.4 Å². The van der Waals surface area contributed by atoms with E-state index in [0.717, 1.165) is 14.9 Å². The van der Waals surface area contributed by atoms with Gasteiger partial charge in [-0.1, -0.05) is 53.2 Å². The molecule has 2 aromatic rings. The average molecular weight is 256 g/mol. The molecule has 0 amide bonds. The van der Waals surface area contributed by atoms with Crippen molar-refractivity contribution >= 4 is 35.0 Å². The van der Waals surface area contributed by atoms with E-state index >= 15 is 0 Å². The van der Waals surface area contributed by atoms with Gasteiger partial charge in [0, 0.05) is 4.90 Å². The fourth-order valence-corrected chi connectivity index (χ4v) is 2.38. The van der Waals surface area contributed by atoms with Gasteiger partial charge in [-0.25, -0.2) is 4.98 Å². The second kappa shape index (κ2) is 4.88. The van der Waals surface area contributed by atoms with Gasteiger partial charge in [0.1, 0.15) is 10.2 Å². The molecule has 0 spiro atoms. The number of benzene rings is 1. The fraction of sp³-hybridized carbons (Fsp3) is 0. The summed E-state index contributed by atoms with van der Waals surface area (Å²) in [5.41, 5.74) is 0. The highest BCUT2D eigenvalue weighted by molar-refractivity contribution is 7.99. The van der Waals surface area contributed by atoms with Crippen molar-refractivity contribution in [1.29, 1.82) is 0 Å². The summed E-state index contributed by atoms with van der Waals surface area (Å²) in [4.78, 5) is 5.16. The van der Waals surface area contributed by atoms with E-state index in [2.05, 4.69) is 4.98 Å². The number of pyridine rings is 1. The molecule has 0 unspecified atom stereocenters. The van der Waals surface area contributed by atoms with Gasteiger partial charge >= 0.3 is 0 Å². The largest absolute Gasteiger partial charge is 0.229 e. The summed E-state index contributed by atoms with van der Waals surface area (Å²) in [6.07, 6.45) is 0. The number of hydrogen-bond donors (Lipinski definition) is 0. The molecule has 0 aliphatic carbocycles. The maximum absolute atomic E-state index is 6.03. The summed E-state index contributed by atoms with van der Waals surface area (Å²) in [7, 11) is 0. The Morgan fingerprint density at radius 1 is 0.933 bits per heavy atom. The Hall–Kier alpha value is -0.700. The third-order valence-electron chi connectivity index (χ3n) is 1.74. The van der Waals surface area contributed by atoms with Crippen LogP contribution in [-0.2, 0) is 0 Å². The first-order chi connectivity index (χ1) is 7.25. The molecule has 1 aromatic heterocycles. The molecule has 0 N–H and O–H groups in total. The Balaban J connectivity index is 2.26. The summed E-state index contributed by atoms with van der Waals surface area (Å²) in [5.74, 6) is 0. The van der Waals surface area contributed by atoms with Gasteiger partial charge in [0.25, 0.3) is 0 Å². The summed E-state index contributed by atoms with van der Waals surface area (Å²) >= 11 is 13.3. The molecule has 0 fully saturated rings. The molecule has 2 rings (SSSR count). The lowest BCUT2D eigenvalue weighted by Gasteiger charge is -2.02. The standard InChI is InChI=1S/C11H7Cl2NS/c12-8-4-1-2-5-9(8)15-11-7-3-6-10(13)14-11/h1-7H. The van der Waals surface area contributed by atoms with Crippen LogP contribution in [0.5, 0.6) is 0 Å². The first-order valence-corrected chi connectivity index (χ1v) is 5.88. The van der Waals surface area contributed by atoms with E-state index in [9.17, 15) is 0 Å². The fourth-order valence-electron chi connectivity index (χ4n) is 1.09. The lowest BCUT2D eigenvalue weighted by atomic mass is 10.4. The molecule has 0 radical (unpaired) electrons. The second-order valence-electron chi connectivity index (χ2n) is 2.83. The summed E-state index contributed by atoms with van der Waals surface area (Å²) < 4.78 is 0. The monoisotopic (exact) mass is 255 g/mol. The second-order valence-corrected chi connectivity index (χ2v) is 4.69. The van der Waals surface area contributed by atoms with Crippen LogP contribution in [0, 0.1) is 0 Å². The molecule has 0 saturated heterocycles. The van der Waals surface area contributed by atoms with Crippen molar-refractivity contribution in [2.75, 3.05) is 0 Å². The number of halogens is 2. The molecular weight excluding hydrogens is 249 g/mol. The van der Waals surface area contributed by atoms with Crippen molar-refractivity contribution in [3.8, 4) is 0 Å². The van der Waals surface area contributed by atoms with E-state index in [1.165, 1.54) is 11.8 Å². The van der Waals surface area contributed by atoms with Crippen LogP contribution in [0.2, 0.25) is 10.2 Å². The summed E-state index contributed by atoms with van der Waals surface area (Å²) in [5, 5.41) is 2.06. The lowest BCUT2D eigenvalue weighted by molar-refractivity contribution is 1.13. The van der Waals surface area contributed by atoms with Crippen LogP contribution in [0.25, 0.3) is 0 Å². The van der Waals surface area contributed by atoms with Gasteiger partial charge in [-0.3, -0.25) is 0 Å². The van der Waals surface area contributed by atoms with E-state index in [4.69, 9.17) is 23.2 Å². The molecule has 1 heterocycles. The predicted octanol–water partition coefficient (Wildman–Crippen LogP) is 4.54. The number of aromatic nitrogens is 1. The van der Waals surface area contributed by atoms with E-state index < -0.39 is 0 Å². The molecule has 15 heavy (non-hydrogen) atoms. The normalized spacial score (nSPS) is 10.3. The molecule has 4 heteroatoms. The van der Waals surface area contributed by atoms with Gasteiger partial charge in [0.15, 0.2) is 0 Å². The van der Waals surface area contributed by atoms with Crippen molar-refractivity contribution in [1.82, 2.24) is 4.98 Å².